The lowest BCUT2D eigenvalue weighted by Crippen LogP contribution is -1.90. The van der Waals surface area contributed by atoms with Gasteiger partial charge in [-0.25, -0.2) is 0 Å². The smallest absolute Gasteiger partial charge is 0.0973 e. The molecule has 21 heavy (non-hydrogen) atoms. The molecule has 0 atom stereocenters. The largest absolute Gasteiger partial charge is 0.254 e. The standard InChI is InChI=1S/C19H14N2/c1-13-9-10-16-17(14-6-3-2-4-7-14)12-15-8-5-11-20-18(15)19(16)21-13/h2-12H,1H3. The van der Waals surface area contributed by atoms with Crippen LogP contribution in [-0.4, -0.2) is 9.97 Å². The predicted octanol–water partition coefficient (Wildman–Crippen LogP) is 4.76. The van der Waals surface area contributed by atoms with Crippen LogP contribution in [0.1, 0.15) is 5.69 Å². The molecule has 2 aromatic carbocycles. The Bertz CT molecular complexity index is 943. The minimum atomic E-state index is 0.968. The van der Waals surface area contributed by atoms with Gasteiger partial charge in [0.15, 0.2) is 0 Å². The second-order valence-corrected chi connectivity index (χ2v) is 5.21. The van der Waals surface area contributed by atoms with Crippen LogP contribution in [-0.2, 0) is 0 Å². The maximum atomic E-state index is 4.73. The van der Waals surface area contributed by atoms with Gasteiger partial charge in [0.05, 0.1) is 11.0 Å². The van der Waals surface area contributed by atoms with Crippen molar-refractivity contribution in [3.8, 4) is 11.1 Å². The summed E-state index contributed by atoms with van der Waals surface area (Å²) in [6.45, 7) is 2.02. The summed E-state index contributed by atoms with van der Waals surface area (Å²) in [6, 6.07) is 20.9. The number of rotatable bonds is 1. The molecule has 0 fully saturated rings. The second kappa shape index (κ2) is 4.67. The highest BCUT2D eigenvalue weighted by molar-refractivity contribution is 6.10. The van der Waals surface area contributed by atoms with Crippen molar-refractivity contribution in [3.05, 3.63) is 72.6 Å². The van der Waals surface area contributed by atoms with Crippen molar-refractivity contribution in [2.24, 2.45) is 0 Å². The minimum Gasteiger partial charge on any atom is -0.254 e. The Morgan fingerprint density at radius 2 is 1.67 bits per heavy atom. The fraction of sp³-hybridized carbons (Fsp3) is 0.0526. The fourth-order valence-corrected chi connectivity index (χ4v) is 2.78. The molecule has 100 valence electrons. The molecule has 2 aromatic heterocycles. The summed E-state index contributed by atoms with van der Waals surface area (Å²) < 4.78 is 0. The van der Waals surface area contributed by atoms with E-state index in [1.54, 1.807) is 0 Å². The molecule has 0 radical (unpaired) electrons. The van der Waals surface area contributed by atoms with Crippen molar-refractivity contribution in [1.82, 2.24) is 9.97 Å². The molecule has 0 saturated heterocycles. The van der Waals surface area contributed by atoms with Gasteiger partial charge >= 0.3 is 0 Å². The summed E-state index contributed by atoms with van der Waals surface area (Å²) in [5.74, 6) is 0. The van der Waals surface area contributed by atoms with Gasteiger partial charge in [-0.05, 0) is 36.2 Å². The average Bonchev–Trinajstić information content (AvgIpc) is 2.55. The average molecular weight is 270 g/mol. The number of benzene rings is 2. The Morgan fingerprint density at radius 3 is 2.52 bits per heavy atom. The van der Waals surface area contributed by atoms with Gasteiger partial charge in [0.1, 0.15) is 0 Å². The van der Waals surface area contributed by atoms with E-state index in [4.69, 9.17) is 4.98 Å². The molecule has 0 N–H and O–H groups in total. The van der Waals surface area contributed by atoms with Crippen LogP contribution < -0.4 is 0 Å². The number of nitrogens with zero attached hydrogens (tertiary/aromatic N) is 2. The minimum absolute atomic E-state index is 0.968. The lowest BCUT2D eigenvalue weighted by Gasteiger charge is -2.10. The number of pyridine rings is 2. The zero-order valence-electron chi connectivity index (χ0n) is 11.7. The first-order chi connectivity index (χ1) is 10.3. The van der Waals surface area contributed by atoms with E-state index in [2.05, 4.69) is 53.5 Å². The highest BCUT2D eigenvalue weighted by atomic mass is 14.7. The quantitative estimate of drug-likeness (QED) is 0.466. The summed E-state index contributed by atoms with van der Waals surface area (Å²) in [5, 5.41) is 2.28. The molecule has 0 spiro atoms. The van der Waals surface area contributed by atoms with E-state index in [1.807, 2.05) is 25.3 Å². The molecular formula is C19H14N2. The van der Waals surface area contributed by atoms with Crippen molar-refractivity contribution < 1.29 is 0 Å². The van der Waals surface area contributed by atoms with Gasteiger partial charge in [-0.3, -0.25) is 9.97 Å². The monoisotopic (exact) mass is 270 g/mol. The first-order valence-corrected chi connectivity index (χ1v) is 7.03. The topological polar surface area (TPSA) is 25.8 Å². The molecule has 0 amide bonds. The number of aryl methyl sites for hydroxylation is 1. The van der Waals surface area contributed by atoms with Gasteiger partial charge in [0.2, 0.25) is 0 Å². The summed E-state index contributed by atoms with van der Waals surface area (Å²) in [5.41, 5.74) is 5.38. The van der Waals surface area contributed by atoms with E-state index in [0.717, 1.165) is 27.5 Å². The maximum absolute atomic E-state index is 4.73. The SMILES string of the molecule is Cc1ccc2c(-c3ccccc3)cc3cccnc3c2n1. The number of hydrogen-bond acceptors (Lipinski definition) is 2. The Balaban J connectivity index is 2.19. The first kappa shape index (κ1) is 12.0. The van der Waals surface area contributed by atoms with Gasteiger partial charge in [0.25, 0.3) is 0 Å². The summed E-state index contributed by atoms with van der Waals surface area (Å²) >= 11 is 0. The first-order valence-electron chi connectivity index (χ1n) is 7.03. The highest BCUT2D eigenvalue weighted by Gasteiger charge is 2.10. The molecule has 0 aliphatic rings. The molecule has 0 unspecified atom stereocenters. The molecular weight excluding hydrogens is 256 g/mol. The van der Waals surface area contributed by atoms with E-state index in [9.17, 15) is 0 Å². The van der Waals surface area contributed by atoms with Crippen molar-refractivity contribution >= 4 is 21.8 Å². The van der Waals surface area contributed by atoms with E-state index in [1.165, 1.54) is 11.1 Å². The third-order valence-corrected chi connectivity index (χ3v) is 3.77. The third kappa shape index (κ3) is 1.96. The van der Waals surface area contributed by atoms with Crippen LogP contribution in [0.2, 0.25) is 0 Å². The Morgan fingerprint density at radius 1 is 0.810 bits per heavy atom. The summed E-state index contributed by atoms with van der Waals surface area (Å²) in [7, 11) is 0. The fourth-order valence-electron chi connectivity index (χ4n) is 2.78. The molecule has 0 saturated carbocycles. The highest BCUT2D eigenvalue weighted by Crippen LogP contribution is 2.32. The zero-order chi connectivity index (χ0) is 14.2. The number of aromatic nitrogens is 2. The van der Waals surface area contributed by atoms with E-state index >= 15 is 0 Å². The van der Waals surface area contributed by atoms with E-state index in [0.29, 0.717) is 0 Å². The molecule has 0 aliphatic carbocycles. The normalized spacial score (nSPS) is 11.1. The van der Waals surface area contributed by atoms with Crippen LogP contribution in [0.4, 0.5) is 0 Å². The maximum Gasteiger partial charge on any atom is 0.0973 e. The zero-order valence-corrected chi connectivity index (χ0v) is 11.7. The number of fused-ring (bicyclic) bond motifs is 3. The predicted molar refractivity (Wildman–Crippen MR) is 87.2 cm³/mol. The van der Waals surface area contributed by atoms with Gasteiger partial charge in [0, 0.05) is 22.7 Å². The molecule has 0 bridgehead atoms. The second-order valence-electron chi connectivity index (χ2n) is 5.21. The van der Waals surface area contributed by atoms with Crippen molar-refractivity contribution in [3.63, 3.8) is 0 Å². The van der Waals surface area contributed by atoms with E-state index < -0.39 is 0 Å². The molecule has 2 heterocycles. The molecule has 4 aromatic rings. The Hall–Kier alpha value is -2.74. The van der Waals surface area contributed by atoms with Crippen molar-refractivity contribution in [1.29, 1.82) is 0 Å². The van der Waals surface area contributed by atoms with Gasteiger partial charge in [-0.15, -0.1) is 0 Å². The molecule has 2 heteroatoms. The van der Waals surface area contributed by atoms with Crippen LogP contribution in [0.25, 0.3) is 32.9 Å². The summed E-state index contributed by atoms with van der Waals surface area (Å²) in [4.78, 5) is 9.25. The third-order valence-electron chi connectivity index (χ3n) is 3.77. The van der Waals surface area contributed by atoms with Crippen LogP contribution in [0.15, 0.2) is 66.9 Å². The van der Waals surface area contributed by atoms with Gasteiger partial charge < -0.3 is 0 Å². The van der Waals surface area contributed by atoms with Gasteiger partial charge in [-0.1, -0.05) is 42.5 Å². The molecule has 4 rings (SSSR count). The lowest BCUT2D eigenvalue weighted by atomic mass is 9.97. The van der Waals surface area contributed by atoms with Crippen molar-refractivity contribution in [2.75, 3.05) is 0 Å². The van der Waals surface area contributed by atoms with E-state index in [-0.39, 0.29) is 0 Å². The van der Waals surface area contributed by atoms with Crippen LogP contribution in [0, 0.1) is 6.92 Å². The van der Waals surface area contributed by atoms with Crippen LogP contribution in [0.5, 0.6) is 0 Å². The molecule has 2 nitrogen and oxygen atoms in total. The van der Waals surface area contributed by atoms with Crippen LogP contribution >= 0.6 is 0 Å². The van der Waals surface area contributed by atoms with Crippen LogP contribution in [0.3, 0.4) is 0 Å². The number of hydrogen-bond donors (Lipinski definition) is 0. The Labute approximate surface area is 123 Å². The van der Waals surface area contributed by atoms with Gasteiger partial charge in [-0.2, -0.15) is 0 Å². The molecule has 0 aliphatic heterocycles. The lowest BCUT2D eigenvalue weighted by molar-refractivity contribution is 1.25. The Kier molecular flexibility index (Phi) is 2.68. The van der Waals surface area contributed by atoms with Crippen molar-refractivity contribution in [2.45, 2.75) is 6.92 Å². The summed E-state index contributed by atoms with van der Waals surface area (Å²) in [6.07, 6.45) is 1.83.